The molecule has 140 valence electrons. The van der Waals surface area contributed by atoms with E-state index in [0.717, 1.165) is 31.6 Å². The Kier molecular flexibility index (Phi) is 7.26. The number of methoxy groups -OCH3 is 2. The predicted octanol–water partition coefficient (Wildman–Crippen LogP) is 3.98. The first kappa shape index (κ1) is 19.6. The summed E-state index contributed by atoms with van der Waals surface area (Å²) in [5.41, 5.74) is 1.97. The number of hydrogen-bond donors (Lipinski definition) is 1. The fraction of sp³-hybridized carbons (Fsp3) is 0.400. The Morgan fingerprint density at radius 2 is 1.81 bits per heavy atom. The first-order chi connectivity index (χ1) is 12.6. The van der Waals surface area contributed by atoms with Gasteiger partial charge in [0.2, 0.25) is 0 Å². The van der Waals surface area contributed by atoms with Crippen LogP contribution in [0, 0.1) is 0 Å². The number of aromatic nitrogens is 1. The normalized spacial score (nSPS) is 10.3. The van der Waals surface area contributed by atoms with Crippen LogP contribution >= 0.6 is 0 Å². The third kappa shape index (κ3) is 4.88. The van der Waals surface area contributed by atoms with E-state index in [4.69, 9.17) is 9.47 Å². The number of hydrogen-bond acceptors (Lipinski definition) is 5. The summed E-state index contributed by atoms with van der Waals surface area (Å²) in [5, 5.41) is 2.83. The molecule has 0 aliphatic heterocycles. The molecule has 0 fully saturated rings. The zero-order valence-corrected chi connectivity index (χ0v) is 15.9. The van der Waals surface area contributed by atoms with E-state index in [1.807, 2.05) is 6.07 Å². The molecule has 1 N–H and O–H groups in total. The van der Waals surface area contributed by atoms with Crippen molar-refractivity contribution >= 4 is 17.3 Å². The number of pyridine rings is 1. The van der Waals surface area contributed by atoms with Crippen molar-refractivity contribution in [1.82, 2.24) is 4.98 Å². The van der Waals surface area contributed by atoms with Gasteiger partial charge in [-0.25, -0.2) is 4.98 Å². The molecule has 2 aromatic rings. The molecule has 0 saturated heterocycles. The van der Waals surface area contributed by atoms with Gasteiger partial charge < -0.3 is 19.7 Å². The fourth-order valence-electron chi connectivity index (χ4n) is 2.71. The van der Waals surface area contributed by atoms with Crippen molar-refractivity contribution in [1.29, 1.82) is 0 Å². The lowest BCUT2D eigenvalue weighted by Crippen LogP contribution is -2.25. The van der Waals surface area contributed by atoms with Gasteiger partial charge in [0, 0.05) is 19.2 Å². The summed E-state index contributed by atoms with van der Waals surface area (Å²) in [6.07, 6.45) is 3.89. The van der Waals surface area contributed by atoms with Crippen LogP contribution < -0.4 is 19.7 Å². The monoisotopic (exact) mass is 357 g/mol. The summed E-state index contributed by atoms with van der Waals surface area (Å²) in [6.45, 7) is 6.26. The Morgan fingerprint density at radius 3 is 2.35 bits per heavy atom. The third-order valence-corrected chi connectivity index (χ3v) is 3.99. The van der Waals surface area contributed by atoms with Crippen LogP contribution in [-0.4, -0.2) is 38.2 Å². The second-order valence-corrected chi connectivity index (χ2v) is 5.91. The molecule has 2 rings (SSSR count). The molecule has 6 nitrogen and oxygen atoms in total. The molecule has 26 heavy (non-hydrogen) atoms. The third-order valence-electron chi connectivity index (χ3n) is 3.99. The lowest BCUT2D eigenvalue weighted by Gasteiger charge is -2.23. The van der Waals surface area contributed by atoms with E-state index < -0.39 is 0 Å². The lowest BCUT2D eigenvalue weighted by atomic mass is 10.2. The molecule has 1 amide bonds. The maximum absolute atomic E-state index is 12.5. The van der Waals surface area contributed by atoms with Crippen molar-refractivity contribution < 1.29 is 14.3 Å². The number of ether oxygens (including phenoxy) is 2. The standard InChI is InChI=1S/C20H27N3O3/c1-5-11-23(12-6-2)15-7-9-18(21-14-15)20(24)22-17-10-8-16(25-3)13-19(17)26-4/h7-10,13-14H,5-6,11-12H2,1-4H3,(H,22,24). The fourth-order valence-corrected chi connectivity index (χ4v) is 2.71. The molecule has 0 bridgehead atoms. The van der Waals surface area contributed by atoms with Crippen LogP contribution in [0.5, 0.6) is 11.5 Å². The molecule has 0 saturated carbocycles. The minimum Gasteiger partial charge on any atom is -0.497 e. The largest absolute Gasteiger partial charge is 0.497 e. The first-order valence-corrected chi connectivity index (χ1v) is 8.87. The van der Waals surface area contributed by atoms with Gasteiger partial charge in [-0.3, -0.25) is 4.79 Å². The molecule has 0 spiro atoms. The average molecular weight is 357 g/mol. The van der Waals surface area contributed by atoms with Crippen LogP contribution in [0.1, 0.15) is 37.2 Å². The quantitative estimate of drug-likeness (QED) is 0.735. The van der Waals surface area contributed by atoms with Crippen LogP contribution in [0.4, 0.5) is 11.4 Å². The number of carbonyl (C=O) groups is 1. The number of amides is 1. The Bertz CT molecular complexity index is 711. The van der Waals surface area contributed by atoms with Gasteiger partial charge in [-0.2, -0.15) is 0 Å². The van der Waals surface area contributed by atoms with Gasteiger partial charge >= 0.3 is 0 Å². The van der Waals surface area contributed by atoms with Crippen LogP contribution in [0.3, 0.4) is 0 Å². The SMILES string of the molecule is CCCN(CCC)c1ccc(C(=O)Nc2ccc(OC)cc2OC)nc1. The Morgan fingerprint density at radius 1 is 1.08 bits per heavy atom. The summed E-state index contributed by atoms with van der Waals surface area (Å²) in [4.78, 5) is 19.1. The lowest BCUT2D eigenvalue weighted by molar-refractivity contribution is 0.102. The summed E-state index contributed by atoms with van der Waals surface area (Å²) in [7, 11) is 3.13. The molecule has 1 aromatic heterocycles. The number of nitrogens with one attached hydrogen (secondary N) is 1. The predicted molar refractivity (Wildman–Crippen MR) is 105 cm³/mol. The van der Waals surface area contributed by atoms with Gasteiger partial charge in [0.15, 0.2) is 0 Å². The second kappa shape index (κ2) is 9.65. The van der Waals surface area contributed by atoms with Gasteiger partial charge in [-0.05, 0) is 37.1 Å². The van der Waals surface area contributed by atoms with Gasteiger partial charge in [-0.1, -0.05) is 13.8 Å². The number of carbonyl (C=O) groups excluding carboxylic acids is 1. The maximum Gasteiger partial charge on any atom is 0.274 e. The minimum absolute atomic E-state index is 0.280. The smallest absolute Gasteiger partial charge is 0.274 e. The molecule has 1 aromatic carbocycles. The highest BCUT2D eigenvalue weighted by Crippen LogP contribution is 2.29. The van der Waals surface area contributed by atoms with Gasteiger partial charge in [0.1, 0.15) is 17.2 Å². The highest BCUT2D eigenvalue weighted by atomic mass is 16.5. The molecule has 0 aliphatic carbocycles. The van der Waals surface area contributed by atoms with E-state index >= 15 is 0 Å². The van der Waals surface area contributed by atoms with Gasteiger partial charge in [-0.15, -0.1) is 0 Å². The molecule has 0 unspecified atom stereocenters. The van der Waals surface area contributed by atoms with E-state index in [2.05, 4.69) is 29.0 Å². The molecule has 0 radical (unpaired) electrons. The molecule has 1 heterocycles. The summed E-state index contributed by atoms with van der Waals surface area (Å²) in [6, 6.07) is 8.92. The van der Waals surface area contributed by atoms with E-state index in [1.54, 1.807) is 44.7 Å². The first-order valence-electron chi connectivity index (χ1n) is 8.87. The number of rotatable bonds is 9. The number of benzene rings is 1. The number of anilines is 2. The average Bonchev–Trinajstić information content (AvgIpc) is 2.68. The van der Waals surface area contributed by atoms with Crippen molar-refractivity contribution in [2.24, 2.45) is 0 Å². The van der Waals surface area contributed by atoms with Crippen LogP contribution in [0.15, 0.2) is 36.5 Å². The summed E-state index contributed by atoms with van der Waals surface area (Å²) >= 11 is 0. The number of nitrogens with zero attached hydrogens (tertiary/aromatic N) is 2. The molecular formula is C20H27N3O3. The minimum atomic E-state index is -0.280. The van der Waals surface area contributed by atoms with Crippen LogP contribution in [0.25, 0.3) is 0 Å². The zero-order valence-electron chi connectivity index (χ0n) is 15.9. The molecule has 0 aliphatic rings. The van der Waals surface area contributed by atoms with Gasteiger partial charge in [0.25, 0.3) is 5.91 Å². The molecule has 0 atom stereocenters. The van der Waals surface area contributed by atoms with E-state index in [0.29, 0.717) is 22.9 Å². The highest BCUT2D eigenvalue weighted by molar-refractivity contribution is 6.03. The van der Waals surface area contributed by atoms with E-state index in [-0.39, 0.29) is 5.91 Å². The molecular weight excluding hydrogens is 330 g/mol. The van der Waals surface area contributed by atoms with Crippen molar-refractivity contribution in [3.8, 4) is 11.5 Å². The Hall–Kier alpha value is -2.76. The van der Waals surface area contributed by atoms with Crippen LogP contribution in [-0.2, 0) is 0 Å². The van der Waals surface area contributed by atoms with E-state index in [1.165, 1.54) is 0 Å². The van der Waals surface area contributed by atoms with E-state index in [9.17, 15) is 4.79 Å². The topological polar surface area (TPSA) is 63.7 Å². The highest BCUT2D eigenvalue weighted by Gasteiger charge is 2.13. The second-order valence-electron chi connectivity index (χ2n) is 5.91. The maximum atomic E-state index is 12.5. The Labute approximate surface area is 155 Å². The summed E-state index contributed by atoms with van der Waals surface area (Å²) < 4.78 is 10.5. The van der Waals surface area contributed by atoms with Crippen molar-refractivity contribution in [3.05, 3.63) is 42.2 Å². The Balaban J connectivity index is 2.13. The van der Waals surface area contributed by atoms with Crippen LogP contribution in [0.2, 0.25) is 0 Å². The zero-order chi connectivity index (χ0) is 18.9. The molecule has 6 heteroatoms. The van der Waals surface area contributed by atoms with Gasteiger partial charge in [0.05, 0.1) is 31.8 Å². The summed E-state index contributed by atoms with van der Waals surface area (Å²) in [5.74, 6) is 0.915. The van der Waals surface area contributed by atoms with Crippen molar-refractivity contribution in [2.45, 2.75) is 26.7 Å². The van der Waals surface area contributed by atoms with Crippen molar-refractivity contribution in [2.75, 3.05) is 37.5 Å². The van der Waals surface area contributed by atoms with Crippen molar-refractivity contribution in [3.63, 3.8) is 0 Å².